The minimum Gasteiger partial charge on any atom is -0.380 e. The fourth-order valence-electron chi connectivity index (χ4n) is 1.99. The van der Waals surface area contributed by atoms with Gasteiger partial charge in [0.2, 0.25) is 0 Å². The Kier molecular flexibility index (Phi) is 2.21. The largest absolute Gasteiger partial charge is 0.380 e. The summed E-state index contributed by atoms with van der Waals surface area (Å²) in [6, 6.07) is 0. The van der Waals surface area contributed by atoms with E-state index in [0.29, 0.717) is 10.8 Å². The summed E-state index contributed by atoms with van der Waals surface area (Å²) in [5, 5.41) is 3.43. The monoisotopic (exact) mass is 177 g/mol. The highest BCUT2D eigenvalue weighted by Crippen LogP contribution is 2.46. The Morgan fingerprint density at radius 3 is 2.00 bits per heavy atom. The second-order valence-electron chi connectivity index (χ2n) is 4.22. The second-order valence-corrected chi connectivity index (χ2v) is 4.22. The van der Waals surface area contributed by atoms with Crippen LogP contribution in [-0.4, -0.2) is 26.3 Å². The fourth-order valence-corrected chi connectivity index (χ4v) is 1.99. The highest BCUT2D eigenvalue weighted by atomic mass is 35.5. The maximum Gasteiger partial charge on any atom is 0.0538 e. The zero-order valence-electron chi connectivity index (χ0n) is 7.14. The van der Waals surface area contributed by atoms with Gasteiger partial charge in [0, 0.05) is 23.9 Å². The van der Waals surface area contributed by atoms with Crippen LogP contribution in [0.5, 0.6) is 0 Å². The molecule has 2 saturated heterocycles. The number of rotatable bonds is 0. The van der Waals surface area contributed by atoms with E-state index < -0.39 is 0 Å². The zero-order valence-corrected chi connectivity index (χ0v) is 7.96. The normalized spacial score (nSPS) is 48.5. The van der Waals surface area contributed by atoms with Crippen LogP contribution < -0.4 is 5.32 Å². The van der Waals surface area contributed by atoms with Gasteiger partial charge in [-0.3, -0.25) is 0 Å². The summed E-state index contributed by atoms with van der Waals surface area (Å²) in [5.41, 5.74) is 0.819. The van der Waals surface area contributed by atoms with Crippen molar-refractivity contribution in [3.8, 4) is 0 Å². The van der Waals surface area contributed by atoms with Crippen molar-refractivity contribution in [2.75, 3.05) is 26.3 Å². The Morgan fingerprint density at radius 1 is 1.09 bits per heavy atom. The standard InChI is InChI=1S/C8H15NO.ClH/c1-7-3-9-4-8(7,2)6-10-5-7;/h9H,3-6H2,1-2H3;1H/t7-,8+;. The lowest BCUT2D eigenvalue weighted by atomic mass is 9.71. The molecule has 0 spiro atoms. The van der Waals surface area contributed by atoms with Gasteiger partial charge in [-0.25, -0.2) is 0 Å². The van der Waals surface area contributed by atoms with Crippen molar-refractivity contribution in [3.05, 3.63) is 0 Å². The average Bonchev–Trinajstić information content (AvgIpc) is 2.20. The second kappa shape index (κ2) is 2.61. The maximum atomic E-state index is 5.48. The first-order valence-electron chi connectivity index (χ1n) is 3.95. The Hall–Kier alpha value is 0.210. The highest BCUT2D eigenvalue weighted by Gasteiger charge is 2.52. The average molecular weight is 178 g/mol. The molecule has 0 radical (unpaired) electrons. The van der Waals surface area contributed by atoms with E-state index >= 15 is 0 Å². The minimum absolute atomic E-state index is 0. The minimum atomic E-state index is 0. The van der Waals surface area contributed by atoms with Crippen LogP contribution in [0.1, 0.15) is 13.8 Å². The van der Waals surface area contributed by atoms with Gasteiger partial charge in [0.05, 0.1) is 13.2 Å². The van der Waals surface area contributed by atoms with Gasteiger partial charge in [-0.15, -0.1) is 12.4 Å². The van der Waals surface area contributed by atoms with Crippen molar-refractivity contribution >= 4 is 12.4 Å². The Labute approximate surface area is 74.1 Å². The van der Waals surface area contributed by atoms with Crippen LogP contribution >= 0.6 is 12.4 Å². The molecule has 2 atom stereocenters. The Balaban J connectivity index is 0.000000605. The van der Waals surface area contributed by atoms with Crippen molar-refractivity contribution in [3.63, 3.8) is 0 Å². The first-order chi connectivity index (χ1) is 4.66. The van der Waals surface area contributed by atoms with Crippen molar-refractivity contribution in [1.82, 2.24) is 5.32 Å². The number of ether oxygens (including phenoxy) is 1. The van der Waals surface area contributed by atoms with Crippen LogP contribution in [0.2, 0.25) is 0 Å². The molecule has 0 bridgehead atoms. The molecule has 0 aromatic carbocycles. The molecule has 2 aliphatic rings. The third-order valence-corrected chi connectivity index (χ3v) is 3.33. The maximum absolute atomic E-state index is 5.48. The highest BCUT2D eigenvalue weighted by molar-refractivity contribution is 5.85. The van der Waals surface area contributed by atoms with Crippen LogP contribution in [0.3, 0.4) is 0 Å². The SMILES string of the molecule is C[C@@]12CNC[C@]1(C)COC2.Cl. The van der Waals surface area contributed by atoms with Crippen LogP contribution in [0, 0.1) is 10.8 Å². The van der Waals surface area contributed by atoms with Gasteiger partial charge in [0.15, 0.2) is 0 Å². The summed E-state index contributed by atoms with van der Waals surface area (Å²) in [4.78, 5) is 0. The number of halogens is 1. The van der Waals surface area contributed by atoms with Crippen molar-refractivity contribution < 1.29 is 4.74 Å². The number of hydrogen-bond acceptors (Lipinski definition) is 2. The molecule has 2 fully saturated rings. The van der Waals surface area contributed by atoms with Crippen molar-refractivity contribution in [2.45, 2.75) is 13.8 Å². The molecule has 0 aromatic rings. The van der Waals surface area contributed by atoms with E-state index in [1.165, 1.54) is 0 Å². The van der Waals surface area contributed by atoms with Gasteiger partial charge in [-0.2, -0.15) is 0 Å². The molecule has 2 heterocycles. The summed E-state index contributed by atoms with van der Waals surface area (Å²) in [5.74, 6) is 0. The van der Waals surface area contributed by atoms with Gasteiger partial charge in [-0.05, 0) is 0 Å². The third kappa shape index (κ3) is 1.08. The molecule has 0 amide bonds. The number of nitrogens with one attached hydrogen (secondary N) is 1. The topological polar surface area (TPSA) is 21.3 Å². The van der Waals surface area contributed by atoms with Gasteiger partial charge < -0.3 is 10.1 Å². The van der Waals surface area contributed by atoms with Gasteiger partial charge in [0.1, 0.15) is 0 Å². The number of hydrogen-bond donors (Lipinski definition) is 1. The molecule has 3 heteroatoms. The van der Waals surface area contributed by atoms with Crippen LogP contribution in [0.15, 0.2) is 0 Å². The first kappa shape index (κ1) is 9.30. The molecule has 0 aromatic heterocycles. The van der Waals surface area contributed by atoms with Gasteiger partial charge in [-0.1, -0.05) is 13.8 Å². The lowest BCUT2D eigenvalue weighted by molar-refractivity contribution is 0.155. The molecule has 2 rings (SSSR count). The summed E-state index contributed by atoms with van der Waals surface area (Å²) in [7, 11) is 0. The summed E-state index contributed by atoms with van der Waals surface area (Å²) in [6.45, 7) is 8.78. The summed E-state index contributed by atoms with van der Waals surface area (Å²) in [6.07, 6.45) is 0. The Bertz CT molecular complexity index is 134. The third-order valence-electron chi connectivity index (χ3n) is 3.33. The Morgan fingerprint density at radius 2 is 1.55 bits per heavy atom. The molecule has 0 aliphatic carbocycles. The molecule has 1 N–H and O–H groups in total. The predicted octanol–water partition coefficient (Wildman–Crippen LogP) is 1.05. The molecule has 11 heavy (non-hydrogen) atoms. The van der Waals surface area contributed by atoms with E-state index in [-0.39, 0.29) is 12.4 Å². The lowest BCUT2D eigenvalue weighted by Gasteiger charge is -2.29. The molecule has 0 saturated carbocycles. The van der Waals surface area contributed by atoms with Crippen molar-refractivity contribution in [2.24, 2.45) is 10.8 Å². The molecular weight excluding hydrogens is 162 g/mol. The zero-order chi connectivity index (χ0) is 7.24. The van der Waals surface area contributed by atoms with E-state index in [2.05, 4.69) is 19.2 Å². The van der Waals surface area contributed by atoms with E-state index in [1.807, 2.05) is 0 Å². The van der Waals surface area contributed by atoms with E-state index in [1.54, 1.807) is 0 Å². The molecule has 66 valence electrons. The smallest absolute Gasteiger partial charge is 0.0538 e. The van der Waals surface area contributed by atoms with Crippen LogP contribution in [0.4, 0.5) is 0 Å². The lowest BCUT2D eigenvalue weighted by Crippen LogP contribution is -2.34. The molecule has 0 unspecified atom stereocenters. The molecule has 2 aliphatic heterocycles. The van der Waals surface area contributed by atoms with Crippen molar-refractivity contribution in [1.29, 1.82) is 0 Å². The van der Waals surface area contributed by atoms with Gasteiger partial charge >= 0.3 is 0 Å². The van der Waals surface area contributed by atoms with Crippen LogP contribution in [-0.2, 0) is 4.74 Å². The number of fused-ring (bicyclic) bond motifs is 1. The quantitative estimate of drug-likeness (QED) is 0.598. The summed E-state index contributed by atoms with van der Waals surface area (Å²) >= 11 is 0. The van der Waals surface area contributed by atoms with E-state index in [0.717, 1.165) is 26.3 Å². The molecular formula is C8H16ClNO. The predicted molar refractivity (Wildman–Crippen MR) is 47.2 cm³/mol. The summed E-state index contributed by atoms with van der Waals surface area (Å²) < 4.78 is 5.48. The molecule has 2 nitrogen and oxygen atoms in total. The van der Waals surface area contributed by atoms with Crippen LogP contribution in [0.25, 0.3) is 0 Å². The van der Waals surface area contributed by atoms with E-state index in [4.69, 9.17) is 4.74 Å². The fraction of sp³-hybridized carbons (Fsp3) is 1.00. The van der Waals surface area contributed by atoms with E-state index in [9.17, 15) is 0 Å². The van der Waals surface area contributed by atoms with Gasteiger partial charge in [0.25, 0.3) is 0 Å². The first-order valence-corrected chi connectivity index (χ1v) is 3.95.